The highest BCUT2D eigenvalue weighted by Gasteiger charge is 2.30. The minimum atomic E-state index is -0.439. The second kappa shape index (κ2) is 10.9. The van der Waals surface area contributed by atoms with Crippen molar-refractivity contribution in [2.24, 2.45) is 0 Å². The number of carbonyl (C=O) groups excluding carboxylic acids is 2. The first kappa shape index (κ1) is 22.0. The van der Waals surface area contributed by atoms with E-state index in [1.54, 1.807) is 24.3 Å². The van der Waals surface area contributed by atoms with Gasteiger partial charge in [0.15, 0.2) is 12.4 Å². The fourth-order valence-electron chi connectivity index (χ4n) is 3.70. The van der Waals surface area contributed by atoms with Gasteiger partial charge in [-0.3, -0.25) is 9.59 Å². The maximum Gasteiger partial charge on any atom is 0.307 e. The maximum absolute atomic E-state index is 13.6. The largest absolute Gasteiger partial charge is 0.452 e. The highest BCUT2D eigenvalue weighted by Crippen LogP contribution is 2.39. The van der Waals surface area contributed by atoms with E-state index in [-0.39, 0.29) is 42.9 Å². The molecule has 2 atom stereocenters. The van der Waals surface area contributed by atoms with Crippen molar-refractivity contribution < 1.29 is 18.7 Å². The van der Waals surface area contributed by atoms with Gasteiger partial charge in [-0.1, -0.05) is 78.7 Å². The van der Waals surface area contributed by atoms with Gasteiger partial charge in [0.25, 0.3) is 0 Å². The number of carbonyl (C=O) groups is 2. The third-order valence-corrected chi connectivity index (χ3v) is 5.22. The molecule has 3 rings (SSSR count). The van der Waals surface area contributed by atoms with Gasteiger partial charge < -0.3 is 4.74 Å². The van der Waals surface area contributed by atoms with E-state index in [1.807, 2.05) is 48.5 Å². The molecular formula is C27H23FO3. The minimum absolute atomic E-state index is 0.0483. The Kier molecular flexibility index (Phi) is 7.73. The molecule has 0 saturated carbocycles. The second-order valence-corrected chi connectivity index (χ2v) is 7.24. The third kappa shape index (κ3) is 6.13. The average Bonchev–Trinajstić information content (AvgIpc) is 2.81. The molecule has 4 heteroatoms. The molecule has 0 aliphatic rings. The lowest BCUT2D eigenvalue weighted by molar-refractivity contribution is -0.142. The van der Waals surface area contributed by atoms with E-state index in [0.717, 1.165) is 11.1 Å². The fourth-order valence-corrected chi connectivity index (χ4v) is 3.70. The van der Waals surface area contributed by atoms with Gasteiger partial charge in [0.2, 0.25) is 0 Å². The van der Waals surface area contributed by atoms with E-state index in [1.165, 1.54) is 12.1 Å². The van der Waals surface area contributed by atoms with Gasteiger partial charge in [-0.15, -0.1) is 6.42 Å². The Morgan fingerprint density at radius 2 is 1.35 bits per heavy atom. The van der Waals surface area contributed by atoms with Crippen molar-refractivity contribution in [3.05, 3.63) is 107 Å². The molecule has 0 unspecified atom stereocenters. The monoisotopic (exact) mass is 414 g/mol. The lowest BCUT2D eigenvalue weighted by atomic mass is 9.76. The standard InChI is InChI=1S/C27H23FO3/c1-2-17-31-27(30)19-25(20-9-5-3-6-10-20)24(21-13-15-23(28)16-14-21)18-26(29)22-11-7-4-8-12-22/h1,3-16,24-25H,17-19H2/t24-,25+/m1/s1. The molecule has 0 aliphatic heterocycles. The van der Waals surface area contributed by atoms with Crippen molar-refractivity contribution in [3.63, 3.8) is 0 Å². The van der Waals surface area contributed by atoms with Gasteiger partial charge in [-0.05, 0) is 29.2 Å². The molecule has 0 aromatic heterocycles. The van der Waals surface area contributed by atoms with E-state index in [9.17, 15) is 14.0 Å². The zero-order valence-electron chi connectivity index (χ0n) is 17.0. The molecule has 0 N–H and O–H groups in total. The summed E-state index contributed by atoms with van der Waals surface area (Å²) in [5.41, 5.74) is 2.27. The Morgan fingerprint density at radius 1 is 0.806 bits per heavy atom. The number of ether oxygens (including phenoxy) is 1. The summed E-state index contributed by atoms with van der Waals surface area (Å²) in [4.78, 5) is 25.5. The fraction of sp³-hybridized carbons (Fsp3) is 0.185. The number of esters is 1. The van der Waals surface area contributed by atoms with Crippen LogP contribution in [0.1, 0.15) is 46.2 Å². The maximum atomic E-state index is 13.6. The van der Waals surface area contributed by atoms with Crippen LogP contribution in [0.3, 0.4) is 0 Å². The number of rotatable bonds is 9. The molecule has 0 radical (unpaired) electrons. The molecule has 0 heterocycles. The van der Waals surface area contributed by atoms with Crippen LogP contribution in [0.4, 0.5) is 4.39 Å². The molecule has 0 saturated heterocycles. The topological polar surface area (TPSA) is 43.4 Å². The second-order valence-electron chi connectivity index (χ2n) is 7.24. The lowest BCUT2D eigenvalue weighted by Crippen LogP contribution is -2.20. The molecule has 31 heavy (non-hydrogen) atoms. The van der Waals surface area contributed by atoms with E-state index in [4.69, 9.17) is 11.2 Å². The van der Waals surface area contributed by atoms with Crippen LogP contribution in [0, 0.1) is 18.2 Å². The van der Waals surface area contributed by atoms with Crippen LogP contribution < -0.4 is 0 Å². The Morgan fingerprint density at radius 3 is 1.97 bits per heavy atom. The zero-order chi connectivity index (χ0) is 22.1. The molecule has 0 amide bonds. The zero-order valence-corrected chi connectivity index (χ0v) is 17.0. The van der Waals surface area contributed by atoms with Gasteiger partial charge in [0.1, 0.15) is 5.82 Å². The number of halogens is 1. The molecule has 3 aromatic rings. The van der Waals surface area contributed by atoms with Gasteiger partial charge >= 0.3 is 5.97 Å². The quantitative estimate of drug-likeness (QED) is 0.263. The van der Waals surface area contributed by atoms with Gasteiger partial charge in [0, 0.05) is 17.9 Å². The average molecular weight is 414 g/mol. The molecular weight excluding hydrogens is 391 g/mol. The summed E-state index contributed by atoms with van der Waals surface area (Å²) in [7, 11) is 0. The third-order valence-electron chi connectivity index (χ3n) is 5.22. The molecule has 3 aromatic carbocycles. The highest BCUT2D eigenvalue weighted by molar-refractivity contribution is 5.96. The van der Waals surface area contributed by atoms with Crippen molar-refractivity contribution >= 4 is 11.8 Å². The molecule has 0 spiro atoms. The highest BCUT2D eigenvalue weighted by atomic mass is 19.1. The first-order chi connectivity index (χ1) is 15.1. The number of benzene rings is 3. The van der Waals surface area contributed by atoms with Gasteiger partial charge in [0.05, 0.1) is 6.42 Å². The Balaban J connectivity index is 1.99. The Labute approximate surface area is 181 Å². The van der Waals surface area contributed by atoms with E-state index in [0.29, 0.717) is 5.56 Å². The smallest absolute Gasteiger partial charge is 0.307 e. The predicted octanol–water partition coefficient (Wildman–Crippen LogP) is 5.53. The van der Waals surface area contributed by atoms with Crippen LogP contribution in [-0.4, -0.2) is 18.4 Å². The van der Waals surface area contributed by atoms with Crippen LogP contribution in [-0.2, 0) is 9.53 Å². The number of terminal acetylenes is 1. The number of ketones is 1. The number of hydrogen-bond donors (Lipinski definition) is 0. The van der Waals surface area contributed by atoms with Crippen LogP contribution in [0.2, 0.25) is 0 Å². The summed E-state index contributed by atoms with van der Waals surface area (Å²) < 4.78 is 18.7. The summed E-state index contributed by atoms with van der Waals surface area (Å²) in [6, 6.07) is 24.6. The van der Waals surface area contributed by atoms with Crippen LogP contribution >= 0.6 is 0 Å². The SMILES string of the molecule is C#CCOC(=O)C[C@@H](c1ccccc1)[C@H](CC(=O)c1ccccc1)c1ccc(F)cc1. The van der Waals surface area contributed by atoms with Crippen molar-refractivity contribution in [3.8, 4) is 12.3 Å². The number of hydrogen-bond acceptors (Lipinski definition) is 3. The van der Waals surface area contributed by atoms with Crippen molar-refractivity contribution in [1.82, 2.24) is 0 Å². The molecule has 156 valence electrons. The van der Waals surface area contributed by atoms with Crippen molar-refractivity contribution in [1.29, 1.82) is 0 Å². The van der Waals surface area contributed by atoms with Gasteiger partial charge in [-0.25, -0.2) is 4.39 Å². The van der Waals surface area contributed by atoms with E-state index in [2.05, 4.69) is 5.92 Å². The Bertz CT molecular complexity index is 1040. The normalized spacial score (nSPS) is 12.4. The van der Waals surface area contributed by atoms with Crippen LogP contribution in [0.15, 0.2) is 84.9 Å². The first-order valence-electron chi connectivity index (χ1n) is 10.1. The minimum Gasteiger partial charge on any atom is -0.452 e. The Hall–Kier alpha value is -3.71. The summed E-state index contributed by atoms with van der Waals surface area (Å²) in [6.07, 6.45) is 5.42. The molecule has 3 nitrogen and oxygen atoms in total. The van der Waals surface area contributed by atoms with Crippen LogP contribution in [0.25, 0.3) is 0 Å². The van der Waals surface area contributed by atoms with E-state index >= 15 is 0 Å². The van der Waals surface area contributed by atoms with Crippen LogP contribution in [0.5, 0.6) is 0 Å². The summed E-state index contributed by atoms with van der Waals surface area (Å²) in [6.45, 7) is -0.107. The summed E-state index contributed by atoms with van der Waals surface area (Å²) in [5.74, 6) is 0.751. The molecule has 0 aliphatic carbocycles. The van der Waals surface area contributed by atoms with Crippen molar-refractivity contribution in [2.45, 2.75) is 24.7 Å². The van der Waals surface area contributed by atoms with Gasteiger partial charge in [-0.2, -0.15) is 0 Å². The first-order valence-corrected chi connectivity index (χ1v) is 10.1. The number of Topliss-reactive ketones (excluding diaryl/α,β-unsaturated/α-hetero) is 1. The molecule has 0 bridgehead atoms. The lowest BCUT2D eigenvalue weighted by Gasteiger charge is -2.27. The predicted molar refractivity (Wildman–Crippen MR) is 118 cm³/mol. The van der Waals surface area contributed by atoms with E-state index < -0.39 is 5.97 Å². The summed E-state index contributed by atoms with van der Waals surface area (Å²) >= 11 is 0. The van der Waals surface area contributed by atoms with Crippen molar-refractivity contribution in [2.75, 3.05) is 6.61 Å². The summed E-state index contributed by atoms with van der Waals surface area (Å²) in [5, 5.41) is 0. The molecule has 0 fully saturated rings.